The topological polar surface area (TPSA) is 29.1 Å². The van der Waals surface area contributed by atoms with E-state index in [0.29, 0.717) is 6.54 Å². The van der Waals surface area contributed by atoms with Crippen molar-refractivity contribution >= 4 is 53.7 Å². The molecule has 4 rings (SSSR count). The van der Waals surface area contributed by atoms with Crippen LogP contribution >= 0.6 is 47.8 Å². The summed E-state index contributed by atoms with van der Waals surface area (Å²) in [6, 6.07) is 10.1. The number of amides is 1. The molecule has 3 saturated carbocycles. The predicted molar refractivity (Wildman–Crippen MR) is 101 cm³/mol. The van der Waals surface area contributed by atoms with Crippen molar-refractivity contribution in [3.8, 4) is 0 Å². The average molecular weight is 494 g/mol. The summed E-state index contributed by atoms with van der Waals surface area (Å²) in [7, 11) is 0. The van der Waals surface area contributed by atoms with Crippen LogP contribution in [0.3, 0.4) is 0 Å². The molecule has 0 aromatic heterocycles. The van der Waals surface area contributed by atoms with E-state index < -0.39 is 0 Å². The number of hydrogen-bond acceptors (Lipinski definition) is 1. The summed E-state index contributed by atoms with van der Waals surface area (Å²) in [6.07, 6.45) is 1.99. The van der Waals surface area contributed by atoms with Crippen LogP contribution in [0.25, 0.3) is 0 Å². The SMILES string of the molecule is CC1(C)[C@@]2(C(=O)NCc3ccccc3)CC[C@@]1(C(Br)Br)[C@H]2Br. The fourth-order valence-corrected chi connectivity index (χ4v) is 9.55. The summed E-state index contributed by atoms with van der Waals surface area (Å²) in [5.74, 6) is 0.178. The van der Waals surface area contributed by atoms with Crippen LogP contribution in [-0.4, -0.2) is 14.5 Å². The van der Waals surface area contributed by atoms with E-state index in [4.69, 9.17) is 0 Å². The van der Waals surface area contributed by atoms with Crippen LogP contribution in [0.4, 0.5) is 0 Å². The highest BCUT2D eigenvalue weighted by Gasteiger charge is 2.83. The summed E-state index contributed by atoms with van der Waals surface area (Å²) in [4.78, 5) is 13.2. The standard InChI is InChI=1S/C17H20Br3NO/c1-15(2)16(13(19)20)8-9-17(15,12(16)18)14(22)21-10-11-6-4-3-5-7-11/h3-7,12-13H,8-10H2,1-2H3,(H,21,22)/t12-,16+,17+/m1/s1. The summed E-state index contributed by atoms with van der Waals surface area (Å²) in [5, 5.41) is 3.16. The molecule has 3 fully saturated rings. The van der Waals surface area contributed by atoms with Crippen molar-refractivity contribution < 1.29 is 4.79 Å². The minimum atomic E-state index is -0.318. The van der Waals surface area contributed by atoms with Gasteiger partial charge in [-0.2, -0.15) is 0 Å². The maximum atomic E-state index is 13.0. The molecule has 3 atom stereocenters. The smallest absolute Gasteiger partial charge is 0.228 e. The van der Waals surface area contributed by atoms with Gasteiger partial charge in [0.25, 0.3) is 0 Å². The van der Waals surface area contributed by atoms with Gasteiger partial charge < -0.3 is 5.32 Å². The number of halogens is 3. The van der Waals surface area contributed by atoms with E-state index in [1.807, 2.05) is 30.3 Å². The molecular weight excluding hydrogens is 474 g/mol. The van der Waals surface area contributed by atoms with Gasteiger partial charge in [0, 0.05) is 16.8 Å². The predicted octanol–water partition coefficient (Wildman–Crippen LogP) is 4.99. The quantitative estimate of drug-likeness (QED) is 0.588. The zero-order valence-corrected chi connectivity index (χ0v) is 17.5. The van der Waals surface area contributed by atoms with Crippen molar-refractivity contribution in [3.63, 3.8) is 0 Å². The Morgan fingerprint density at radius 3 is 2.41 bits per heavy atom. The Kier molecular flexibility index (Phi) is 4.31. The lowest BCUT2D eigenvalue weighted by atomic mass is 9.43. The lowest BCUT2D eigenvalue weighted by Gasteiger charge is -2.66. The number of nitrogens with one attached hydrogen (secondary N) is 1. The summed E-state index contributed by atoms with van der Waals surface area (Å²) in [6.45, 7) is 5.06. The Morgan fingerprint density at radius 1 is 1.27 bits per heavy atom. The molecule has 3 aliphatic rings. The summed E-state index contributed by atoms with van der Waals surface area (Å²) in [5.41, 5.74) is 0.851. The Balaban J connectivity index is 1.79. The number of alkyl halides is 3. The Hall–Kier alpha value is 0.130. The highest BCUT2D eigenvalue weighted by atomic mass is 79.9. The number of carbonyl (C=O) groups is 1. The van der Waals surface area contributed by atoms with E-state index in [1.54, 1.807) is 0 Å². The molecule has 120 valence electrons. The van der Waals surface area contributed by atoms with E-state index in [1.165, 1.54) is 0 Å². The number of carbonyl (C=O) groups excluding carboxylic acids is 1. The molecule has 0 saturated heterocycles. The first-order valence-electron chi connectivity index (χ1n) is 7.55. The number of fused-ring (bicyclic) bond motifs is 1. The molecule has 1 amide bonds. The molecule has 2 bridgehead atoms. The van der Waals surface area contributed by atoms with Crippen LogP contribution in [0.2, 0.25) is 0 Å². The van der Waals surface area contributed by atoms with Gasteiger partial charge >= 0.3 is 0 Å². The van der Waals surface area contributed by atoms with Gasteiger partial charge in [-0.15, -0.1) is 0 Å². The van der Waals surface area contributed by atoms with Gasteiger partial charge in [-0.05, 0) is 23.8 Å². The average Bonchev–Trinajstić information content (AvgIpc) is 2.95. The molecule has 0 spiro atoms. The lowest BCUT2D eigenvalue weighted by molar-refractivity contribution is -0.161. The van der Waals surface area contributed by atoms with E-state index in [2.05, 4.69) is 67.0 Å². The van der Waals surface area contributed by atoms with Crippen LogP contribution in [0, 0.1) is 16.2 Å². The van der Waals surface area contributed by atoms with Gasteiger partial charge in [-0.1, -0.05) is 92.0 Å². The third-order valence-corrected chi connectivity index (χ3v) is 9.42. The number of hydrogen-bond donors (Lipinski definition) is 1. The summed E-state index contributed by atoms with van der Waals surface area (Å²) < 4.78 is 0.212. The monoisotopic (exact) mass is 491 g/mol. The zero-order chi connectivity index (χ0) is 16.2. The normalized spacial score (nSPS) is 35.3. The first-order valence-corrected chi connectivity index (χ1v) is 10.3. The number of rotatable bonds is 4. The Labute approximate surface area is 157 Å². The number of benzene rings is 1. The van der Waals surface area contributed by atoms with Crippen molar-refractivity contribution in [3.05, 3.63) is 35.9 Å². The molecule has 0 heterocycles. The first kappa shape index (κ1) is 17.0. The van der Waals surface area contributed by atoms with E-state index in [9.17, 15) is 4.79 Å². The van der Waals surface area contributed by atoms with Gasteiger partial charge in [0.1, 0.15) is 0 Å². The largest absolute Gasteiger partial charge is 0.351 e. The fourth-order valence-electron chi connectivity index (χ4n) is 4.63. The van der Waals surface area contributed by atoms with Crippen LogP contribution in [0.15, 0.2) is 30.3 Å². The molecule has 0 unspecified atom stereocenters. The van der Waals surface area contributed by atoms with Crippen molar-refractivity contribution in [2.75, 3.05) is 0 Å². The second-order valence-electron chi connectivity index (χ2n) is 6.97. The van der Waals surface area contributed by atoms with Gasteiger partial charge in [-0.25, -0.2) is 0 Å². The molecule has 3 aliphatic carbocycles. The molecule has 2 nitrogen and oxygen atoms in total. The van der Waals surface area contributed by atoms with E-state index in [0.717, 1.165) is 18.4 Å². The molecule has 5 heteroatoms. The Bertz CT molecular complexity index is 589. The fraction of sp³-hybridized carbons (Fsp3) is 0.588. The zero-order valence-electron chi connectivity index (χ0n) is 12.7. The minimum absolute atomic E-state index is 0.0490. The van der Waals surface area contributed by atoms with Crippen molar-refractivity contribution in [1.82, 2.24) is 5.32 Å². The second kappa shape index (κ2) is 5.59. The van der Waals surface area contributed by atoms with Gasteiger partial charge in [0.2, 0.25) is 5.91 Å². The third-order valence-electron chi connectivity index (χ3n) is 6.19. The second-order valence-corrected chi connectivity index (χ2v) is 10.9. The van der Waals surface area contributed by atoms with Crippen LogP contribution in [-0.2, 0) is 11.3 Å². The Morgan fingerprint density at radius 2 is 1.91 bits per heavy atom. The van der Waals surface area contributed by atoms with Crippen molar-refractivity contribution in [2.45, 2.75) is 41.8 Å². The van der Waals surface area contributed by atoms with Crippen molar-refractivity contribution in [2.24, 2.45) is 16.2 Å². The van der Waals surface area contributed by atoms with E-state index in [-0.39, 0.29) is 30.7 Å². The van der Waals surface area contributed by atoms with Gasteiger partial charge in [0.05, 0.1) is 9.15 Å². The highest BCUT2D eigenvalue weighted by Crippen LogP contribution is 2.82. The lowest BCUT2D eigenvalue weighted by Crippen LogP contribution is -2.72. The maximum Gasteiger partial charge on any atom is 0.228 e. The molecule has 1 aromatic carbocycles. The molecule has 0 aliphatic heterocycles. The van der Waals surface area contributed by atoms with Crippen LogP contribution in [0.1, 0.15) is 32.3 Å². The maximum absolute atomic E-state index is 13.0. The first-order chi connectivity index (χ1) is 10.3. The minimum Gasteiger partial charge on any atom is -0.351 e. The third kappa shape index (κ3) is 1.91. The highest BCUT2D eigenvalue weighted by molar-refractivity contribution is 9.24. The van der Waals surface area contributed by atoms with Gasteiger partial charge in [0.15, 0.2) is 0 Å². The summed E-state index contributed by atoms with van der Waals surface area (Å²) >= 11 is 11.3. The molecule has 1 N–H and O–H groups in total. The van der Waals surface area contributed by atoms with Crippen LogP contribution in [0.5, 0.6) is 0 Å². The van der Waals surface area contributed by atoms with Crippen LogP contribution < -0.4 is 5.32 Å². The molecule has 1 aromatic rings. The molecule has 0 radical (unpaired) electrons. The molecular formula is C17H20Br3NO. The molecule has 22 heavy (non-hydrogen) atoms. The van der Waals surface area contributed by atoms with Gasteiger partial charge in [-0.3, -0.25) is 4.79 Å². The van der Waals surface area contributed by atoms with E-state index >= 15 is 0 Å². The van der Waals surface area contributed by atoms with Crippen molar-refractivity contribution in [1.29, 1.82) is 0 Å².